The minimum Gasteiger partial charge on any atom is -0.493 e. The fraction of sp³-hybridized carbons (Fsp3) is 0.292. The molecule has 162 valence electrons. The molecular weight excluding hydrogens is 400 g/mol. The molecule has 2 heterocycles. The number of rotatable bonds is 7. The van der Waals surface area contributed by atoms with Crippen LogP contribution in [0.5, 0.6) is 5.75 Å². The molecule has 31 heavy (non-hydrogen) atoms. The van der Waals surface area contributed by atoms with Crippen LogP contribution in [-0.2, 0) is 12.8 Å². The van der Waals surface area contributed by atoms with Gasteiger partial charge in [-0.05, 0) is 48.4 Å². The molecule has 1 aliphatic heterocycles. The number of benzene rings is 2. The number of ether oxygens (including phenoxy) is 1. The van der Waals surface area contributed by atoms with E-state index in [1.807, 2.05) is 36.4 Å². The van der Waals surface area contributed by atoms with Crippen LogP contribution in [0.1, 0.15) is 29.3 Å². The first-order valence-corrected chi connectivity index (χ1v) is 10.4. The summed E-state index contributed by atoms with van der Waals surface area (Å²) < 4.78 is 38.5. The van der Waals surface area contributed by atoms with Crippen molar-refractivity contribution in [2.24, 2.45) is 4.99 Å². The minimum absolute atomic E-state index is 0.0470. The van der Waals surface area contributed by atoms with E-state index in [-0.39, 0.29) is 6.04 Å². The first-order chi connectivity index (χ1) is 15.2. The Morgan fingerprint density at radius 2 is 1.97 bits per heavy atom. The van der Waals surface area contributed by atoms with E-state index in [0.717, 1.165) is 35.6 Å². The Morgan fingerprint density at radius 3 is 2.84 bits per heavy atom. The van der Waals surface area contributed by atoms with Gasteiger partial charge in [0.05, 0.1) is 18.9 Å². The molecule has 0 saturated carbocycles. The standard InChI is InChI=1S/C24H25F2N3O2/c25-18-7-8-21(26)17(16-18)9-12-27-24(28-13-10-19-4-3-14-30-19)29-22-11-15-31-23-6-2-1-5-20(22)23/h1-8,14,16,22H,9-13,15H2,(H2,27,28,29). The highest BCUT2D eigenvalue weighted by Gasteiger charge is 2.22. The van der Waals surface area contributed by atoms with Gasteiger partial charge in [-0.2, -0.15) is 0 Å². The topological polar surface area (TPSA) is 58.8 Å². The van der Waals surface area contributed by atoms with Crippen molar-refractivity contribution in [3.05, 3.63) is 89.4 Å². The number of guanidine groups is 1. The summed E-state index contributed by atoms with van der Waals surface area (Å²) in [6.07, 6.45) is 3.45. The van der Waals surface area contributed by atoms with Gasteiger partial charge in [-0.3, -0.25) is 4.99 Å². The van der Waals surface area contributed by atoms with Gasteiger partial charge in [-0.25, -0.2) is 8.78 Å². The van der Waals surface area contributed by atoms with Crippen LogP contribution in [0.3, 0.4) is 0 Å². The minimum atomic E-state index is -0.444. The lowest BCUT2D eigenvalue weighted by Crippen LogP contribution is -2.42. The number of para-hydroxylation sites is 1. The largest absolute Gasteiger partial charge is 0.493 e. The monoisotopic (exact) mass is 425 g/mol. The van der Waals surface area contributed by atoms with Gasteiger partial charge < -0.3 is 19.8 Å². The van der Waals surface area contributed by atoms with Crippen molar-refractivity contribution < 1.29 is 17.9 Å². The zero-order valence-corrected chi connectivity index (χ0v) is 17.1. The molecule has 7 heteroatoms. The van der Waals surface area contributed by atoms with Crippen molar-refractivity contribution in [3.8, 4) is 5.75 Å². The first kappa shape index (κ1) is 20.9. The van der Waals surface area contributed by atoms with E-state index in [1.165, 1.54) is 6.07 Å². The maximum atomic E-state index is 13.9. The Bertz CT molecular complexity index is 1020. The lowest BCUT2D eigenvalue weighted by molar-refractivity contribution is 0.261. The second-order valence-electron chi connectivity index (χ2n) is 7.34. The summed E-state index contributed by atoms with van der Waals surface area (Å²) in [6, 6.07) is 15.2. The van der Waals surface area contributed by atoms with Crippen LogP contribution in [0.25, 0.3) is 0 Å². The van der Waals surface area contributed by atoms with Gasteiger partial charge in [-0.15, -0.1) is 0 Å². The van der Waals surface area contributed by atoms with E-state index < -0.39 is 11.6 Å². The Hall–Kier alpha value is -3.35. The number of aliphatic imine (C=N–C) groups is 1. The molecule has 0 aliphatic carbocycles. The molecule has 0 saturated heterocycles. The highest BCUT2D eigenvalue weighted by Crippen LogP contribution is 2.31. The van der Waals surface area contributed by atoms with Crippen molar-refractivity contribution >= 4 is 5.96 Å². The van der Waals surface area contributed by atoms with E-state index in [4.69, 9.17) is 9.15 Å². The van der Waals surface area contributed by atoms with Crippen molar-refractivity contribution in [1.82, 2.24) is 10.6 Å². The molecule has 1 aliphatic rings. The van der Waals surface area contributed by atoms with Gasteiger partial charge in [0.2, 0.25) is 0 Å². The maximum absolute atomic E-state index is 13.9. The van der Waals surface area contributed by atoms with E-state index in [9.17, 15) is 8.78 Å². The summed E-state index contributed by atoms with van der Waals surface area (Å²) in [5, 5.41) is 6.72. The molecular formula is C24H25F2N3O2. The molecule has 0 fully saturated rings. The van der Waals surface area contributed by atoms with Gasteiger partial charge >= 0.3 is 0 Å². The third-order valence-electron chi connectivity index (χ3n) is 5.17. The van der Waals surface area contributed by atoms with Crippen LogP contribution in [0, 0.1) is 11.6 Å². The molecule has 0 radical (unpaired) electrons. The molecule has 0 bridgehead atoms. The zero-order valence-electron chi connectivity index (χ0n) is 17.1. The fourth-order valence-corrected chi connectivity index (χ4v) is 3.59. The predicted molar refractivity (Wildman–Crippen MR) is 115 cm³/mol. The molecule has 0 spiro atoms. The van der Waals surface area contributed by atoms with Crippen LogP contribution in [0.15, 0.2) is 70.3 Å². The SMILES string of the molecule is Fc1ccc(F)c(CCNC(=NCCc2ccco2)NC2CCOc3ccccc32)c1. The summed E-state index contributed by atoms with van der Waals surface area (Å²) in [4.78, 5) is 4.66. The van der Waals surface area contributed by atoms with Gasteiger partial charge in [0.25, 0.3) is 0 Å². The third kappa shape index (κ3) is 5.63. The Labute approximate surface area is 180 Å². The number of fused-ring (bicyclic) bond motifs is 1. The first-order valence-electron chi connectivity index (χ1n) is 10.4. The van der Waals surface area contributed by atoms with Gasteiger partial charge in [0, 0.05) is 31.5 Å². The smallest absolute Gasteiger partial charge is 0.191 e. The summed E-state index contributed by atoms with van der Waals surface area (Å²) in [6.45, 7) is 1.56. The van der Waals surface area contributed by atoms with Crippen LogP contribution in [-0.4, -0.2) is 25.7 Å². The second kappa shape index (κ2) is 10.1. The maximum Gasteiger partial charge on any atom is 0.191 e. The number of halogens is 2. The van der Waals surface area contributed by atoms with E-state index in [2.05, 4.69) is 15.6 Å². The van der Waals surface area contributed by atoms with Crippen molar-refractivity contribution in [2.75, 3.05) is 19.7 Å². The molecule has 1 aromatic heterocycles. The molecule has 4 rings (SSSR count). The number of hydrogen-bond acceptors (Lipinski definition) is 3. The molecule has 2 N–H and O–H groups in total. The van der Waals surface area contributed by atoms with Crippen LogP contribution in [0.2, 0.25) is 0 Å². The predicted octanol–water partition coefficient (Wildman–Crippen LogP) is 4.40. The fourth-order valence-electron chi connectivity index (χ4n) is 3.59. The Morgan fingerprint density at radius 1 is 1.06 bits per heavy atom. The average molecular weight is 425 g/mol. The van der Waals surface area contributed by atoms with Crippen LogP contribution < -0.4 is 15.4 Å². The third-order valence-corrected chi connectivity index (χ3v) is 5.17. The highest BCUT2D eigenvalue weighted by atomic mass is 19.1. The second-order valence-corrected chi connectivity index (χ2v) is 7.34. The van der Waals surface area contributed by atoms with Crippen LogP contribution in [0.4, 0.5) is 8.78 Å². The van der Waals surface area contributed by atoms with Gasteiger partial charge in [-0.1, -0.05) is 18.2 Å². The highest BCUT2D eigenvalue weighted by molar-refractivity contribution is 5.80. The normalized spacial score (nSPS) is 15.8. The molecule has 0 amide bonds. The van der Waals surface area contributed by atoms with Crippen molar-refractivity contribution in [3.63, 3.8) is 0 Å². The number of furan rings is 1. The zero-order chi connectivity index (χ0) is 21.5. The number of hydrogen-bond donors (Lipinski definition) is 2. The lowest BCUT2D eigenvalue weighted by Gasteiger charge is -2.28. The Kier molecular flexibility index (Phi) is 6.82. The summed E-state index contributed by atoms with van der Waals surface area (Å²) in [5.41, 5.74) is 1.41. The van der Waals surface area contributed by atoms with E-state index >= 15 is 0 Å². The van der Waals surface area contributed by atoms with Crippen molar-refractivity contribution in [2.45, 2.75) is 25.3 Å². The molecule has 1 unspecified atom stereocenters. The van der Waals surface area contributed by atoms with E-state index in [0.29, 0.717) is 44.1 Å². The number of nitrogens with zero attached hydrogens (tertiary/aromatic N) is 1. The Balaban J connectivity index is 1.43. The van der Waals surface area contributed by atoms with E-state index in [1.54, 1.807) is 6.26 Å². The number of nitrogens with one attached hydrogen (secondary N) is 2. The molecule has 1 atom stereocenters. The average Bonchev–Trinajstić information content (AvgIpc) is 3.30. The summed E-state index contributed by atoms with van der Waals surface area (Å²) in [7, 11) is 0. The summed E-state index contributed by atoms with van der Waals surface area (Å²) in [5.74, 6) is 1.49. The quantitative estimate of drug-likeness (QED) is 0.435. The molecule has 5 nitrogen and oxygen atoms in total. The van der Waals surface area contributed by atoms with Crippen LogP contribution >= 0.6 is 0 Å². The molecule has 3 aromatic rings. The van der Waals surface area contributed by atoms with Gasteiger partial charge in [0.1, 0.15) is 23.1 Å². The lowest BCUT2D eigenvalue weighted by atomic mass is 10.0. The van der Waals surface area contributed by atoms with Crippen molar-refractivity contribution in [1.29, 1.82) is 0 Å². The summed E-state index contributed by atoms with van der Waals surface area (Å²) >= 11 is 0. The molecule has 2 aromatic carbocycles. The van der Waals surface area contributed by atoms with Gasteiger partial charge in [0.15, 0.2) is 5.96 Å².